The lowest BCUT2D eigenvalue weighted by molar-refractivity contribution is -0.128. The van der Waals surface area contributed by atoms with Gasteiger partial charge in [0.15, 0.2) is 0 Å². The topological polar surface area (TPSA) is 35.5 Å². The van der Waals surface area contributed by atoms with Crippen molar-refractivity contribution in [1.29, 1.82) is 0 Å². The highest BCUT2D eigenvalue weighted by atomic mass is 16.3. The molecule has 5 rings (SSSR count). The Balaban J connectivity index is 1.39. The van der Waals surface area contributed by atoms with Gasteiger partial charge in [-0.05, 0) is 86.4 Å². The second kappa shape index (κ2) is 6.82. The molecule has 0 amide bonds. The third-order valence-corrected chi connectivity index (χ3v) is 10.6. The SMILES string of the molecule is CC[C@@]1(O)CC[C@H]2[C@@H]3CCC4=CC(N5CCNCC5)CC[C@]4(C)[C@H]3CC[C@@]21C. The Morgan fingerprint density at radius 2 is 1.79 bits per heavy atom. The van der Waals surface area contributed by atoms with E-state index in [4.69, 9.17) is 0 Å². The minimum Gasteiger partial charge on any atom is -0.389 e. The van der Waals surface area contributed by atoms with Crippen LogP contribution < -0.4 is 5.32 Å². The summed E-state index contributed by atoms with van der Waals surface area (Å²) in [7, 11) is 0. The molecule has 0 aromatic carbocycles. The van der Waals surface area contributed by atoms with E-state index in [1.165, 1.54) is 58.0 Å². The maximum Gasteiger partial charge on any atom is 0.0701 e. The van der Waals surface area contributed by atoms with Crippen LogP contribution in [0, 0.1) is 28.6 Å². The van der Waals surface area contributed by atoms with Gasteiger partial charge in [0.25, 0.3) is 0 Å². The molecule has 0 spiro atoms. The molecular weight excluding hydrogens is 344 g/mol. The predicted molar refractivity (Wildman–Crippen MR) is 115 cm³/mol. The first-order chi connectivity index (χ1) is 13.4. The van der Waals surface area contributed by atoms with E-state index in [2.05, 4.69) is 37.1 Å². The number of nitrogens with one attached hydrogen (secondary N) is 1. The van der Waals surface area contributed by atoms with Crippen LogP contribution in [-0.2, 0) is 0 Å². The zero-order valence-electron chi connectivity index (χ0n) is 18.5. The lowest BCUT2D eigenvalue weighted by atomic mass is 9.46. The average Bonchev–Trinajstić information content (AvgIpc) is 2.99. The number of allylic oxidation sites excluding steroid dienone is 1. The van der Waals surface area contributed by atoms with Crippen molar-refractivity contribution in [2.75, 3.05) is 26.2 Å². The Labute approximate surface area is 172 Å². The predicted octanol–water partition coefficient (Wildman–Crippen LogP) is 4.36. The van der Waals surface area contributed by atoms with Crippen LogP contribution >= 0.6 is 0 Å². The van der Waals surface area contributed by atoms with Gasteiger partial charge in [-0.2, -0.15) is 0 Å². The summed E-state index contributed by atoms with van der Waals surface area (Å²) < 4.78 is 0. The minimum atomic E-state index is -0.403. The van der Waals surface area contributed by atoms with Crippen molar-refractivity contribution in [2.45, 2.75) is 90.2 Å². The zero-order chi connectivity index (χ0) is 19.6. The van der Waals surface area contributed by atoms with Gasteiger partial charge in [-0.15, -0.1) is 0 Å². The molecule has 1 unspecified atom stereocenters. The number of hydrogen-bond donors (Lipinski definition) is 2. The molecule has 1 saturated heterocycles. The highest BCUT2D eigenvalue weighted by molar-refractivity contribution is 5.27. The van der Waals surface area contributed by atoms with Crippen molar-refractivity contribution in [3.8, 4) is 0 Å². The van der Waals surface area contributed by atoms with Crippen LogP contribution in [0.4, 0.5) is 0 Å². The largest absolute Gasteiger partial charge is 0.389 e. The van der Waals surface area contributed by atoms with Crippen LogP contribution in [0.5, 0.6) is 0 Å². The third-order valence-electron chi connectivity index (χ3n) is 10.6. The number of hydrogen-bond acceptors (Lipinski definition) is 3. The van der Waals surface area contributed by atoms with E-state index in [0.29, 0.717) is 11.5 Å². The molecule has 158 valence electrons. The van der Waals surface area contributed by atoms with E-state index >= 15 is 0 Å². The fraction of sp³-hybridized carbons (Fsp3) is 0.920. The Morgan fingerprint density at radius 3 is 2.54 bits per heavy atom. The lowest BCUT2D eigenvalue weighted by Gasteiger charge is -2.60. The Kier molecular flexibility index (Phi) is 4.77. The summed E-state index contributed by atoms with van der Waals surface area (Å²) in [6, 6.07) is 0.687. The summed E-state index contributed by atoms with van der Waals surface area (Å²) in [5.74, 6) is 2.45. The van der Waals surface area contributed by atoms with Gasteiger partial charge in [-0.3, -0.25) is 4.90 Å². The van der Waals surface area contributed by atoms with Gasteiger partial charge < -0.3 is 10.4 Å². The van der Waals surface area contributed by atoms with Crippen molar-refractivity contribution < 1.29 is 5.11 Å². The molecular formula is C25H42N2O. The first-order valence-corrected chi connectivity index (χ1v) is 12.3. The molecule has 3 nitrogen and oxygen atoms in total. The smallest absolute Gasteiger partial charge is 0.0701 e. The first kappa shape index (κ1) is 19.6. The number of aliphatic hydroxyl groups is 1. The van der Waals surface area contributed by atoms with Gasteiger partial charge in [0.2, 0.25) is 0 Å². The highest BCUT2D eigenvalue weighted by Gasteiger charge is 2.63. The van der Waals surface area contributed by atoms with Gasteiger partial charge in [-0.1, -0.05) is 32.4 Å². The molecule has 28 heavy (non-hydrogen) atoms. The van der Waals surface area contributed by atoms with E-state index in [9.17, 15) is 5.11 Å². The monoisotopic (exact) mass is 386 g/mol. The van der Waals surface area contributed by atoms with Gasteiger partial charge in [-0.25, -0.2) is 0 Å². The number of fused-ring (bicyclic) bond motifs is 5. The molecule has 1 heterocycles. The van der Waals surface area contributed by atoms with Crippen LogP contribution in [0.1, 0.15) is 78.6 Å². The molecule has 5 aliphatic rings. The van der Waals surface area contributed by atoms with Gasteiger partial charge in [0, 0.05) is 32.2 Å². The number of rotatable bonds is 2. The van der Waals surface area contributed by atoms with Crippen molar-refractivity contribution in [1.82, 2.24) is 10.2 Å². The van der Waals surface area contributed by atoms with Gasteiger partial charge in [0.05, 0.1) is 5.60 Å². The van der Waals surface area contributed by atoms with Crippen molar-refractivity contribution in [3.63, 3.8) is 0 Å². The van der Waals surface area contributed by atoms with E-state index in [1.807, 2.05) is 0 Å². The van der Waals surface area contributed by atoms with Gasteiger partial charge in [0.1, 0.15) is 0 Å². The summed E-state index contributed by atoms with van der Waals surface area (Å²) in [4.78, 5) is 2.73. The van der Waals surface area contributed by atoms with E-state index < -0.39 is 5.60 Å². The molecule has 3 heteroatoms. The molecule has 0 aromatic heterocycles. The minimum absolute atomic E-state index is 0.165. The molecule has 4 aliphatic carbocycles. The molecule has 1 aliphatic heterocycles. The number of piperazine rings is 1. The summed E-state index contributed by atoms with van der Waals surface area (Å²) in [6.45, 7) is 12.0. The van der Waals surface area contributed by atoms with E-state index in [0.717, 1.165) is 43.7 Å². The zero-order valence-corrected chi connectivity index (χ0v) is 18.5. The second-order valence-electron chi connectivity index (χ2n) is 11.3. The van der Waals surface area contributed by atoms with Crippen LogP contribution in [0.2, 0.25) is 0 Å². The van der Waals surface area contributed by atoms with Crippen molar-refractivity contribution >= 4 is 0 Å². The molecule has 2 N–H and O–H groups in total. The average molecular weight is 387 g/mol. The maximum absolute atomic E-state index is 11.4. The van der Waals surface area contributed by atoms with E-state index in [-0.39, 0.29) is 5.41 Å². The molecule has 4 fully saturated rings. The van der Waals surface area contributed by atoms with Gasteiger partial charge >= 0.3 is 0 Å². The summed E-state index contributed by atoms with van der Waals surface area (Å²) in [6.07, 6.45) is 14.0. The van der Waals surface area contributed by atoms with E-state index in [1.54, 1.807) is 5.57 Å². The fourth-order valence-electron chi connectivity index (χ4n) is 8.70. The Morgan fingerprint density at radius 1 is 1.04 bits per heavy atom. The normalized spacial score (nSPS) is 51.8. The van der Waals surface area contributed by atoms with Crippen LogP contribution in [0.25, 0.3) is 0 Å². The third kappa shape index (κ3) is 2.65. The standard InChI is InChI=1S/C25H42N2O/c1-4-25(28)12-9-22-20-6-5-18-17-19(27-15-13-26-14-16-27)7-10-23(18,2)21(20)8-11-24(22,25)3/h17,19-22,26,28H,4-16H2,1-3H3/t19?,20-,21+,22+,23+,24+,25-/m1/s1. The molecule has 3 saturated carbocycles. The Bertz CT molecular complexity index is 640. The quantitative estimate of drug-likeness (QED) is 0.692. The lowest BCUT2D eigenvalue weighted by Crippen LogP contribution is -2.55. The van der Waals surface area contributed by atoms with Crippen LogP contribution in [0.15, 0.2) is 11.6 Å². The second-order valence-corrected chi connectivity index (χ2v) is 11.3. The van der Waals surface area contributed by atoms with Crippen molar-refractivity contribution in [2.24, 2.45) is 28.6 Å². The molecule has 7 atom stereocenters. The summed E-state index contributed by atoms with van der Waals surface area (Å²) in [5.41, 5.74) is 2.00. The maximum atomic E-state index is 11.4. The van der Waals surface area contributed by atoms with Crippen LogP contribution in [0.3, 0.4) is 0 Å². The molecule has 0 bridgehead atoms. The van der Waals surface area contributed by atoms with Crippen LogP contribution in [-0.4, -0.2) is 47.8 Å². The van der Waals surface area contributed by atoms with Crippen molar-refractivity contribution in [3.05, 3.63) is 11.6 Å². The summed E-state index contributed by atoms with van der Waals surface area (Å²) in [5, 5.41) is 14.9. The fourth-order valence-corrected chi connectivity index (χ4v) is 8.70. The Hall–Kier alpha value is -0.380. The molecule has 0 radical (unpaired) electrons. The number of nitrogens with zero attached hydrogens (tertiary/aromatic N) is 1. The first-order valence-electron chi connectivity index (χ1n) is 12.3. The summed E-state index contributed by atoms with van der Waals surface area (Å²) >= 11 is 0. The molecule has 0 aromatic rings. The highest BCUT2D eigenvalue weighted by Crippen LogP contribution is 2.68.